The molecule has 0 aliphatic carbocycles. The molecule has 0 saturated carbocycles. The first-order valence-corrected chi connectivity index (χ1v) is 11.2. The number of nitrogens with zero attached hydrogens (tertiary/aromatic N) is 3. The van der Waals surface area contributed by atoms with Crippen LogP contribution in [-0.4, -0.2) is 33.6 Å². The number of ether oxygens (including phenoxy) is 1. The van der Waals surface area contributed by atoms with Crippen LogP contribution >= 0.6 is 0 Å². The minimum Gasteiger partial charge on any atom is -0.491 e. The molecular weight excluding hydrogens is 402 g/mol. The molecule has 0 N–H and O–H groups in total. The second kappa shape index (κ2) is 8.77. The molecule has 6 nitrogen and oxygen atoms in total. The highest BCUT2D eigenvalue weighted by Gasteiger charge is 2.33. The number of hydrogen-bond donors (Lipinski definition) is 0. The number of aromatic nitrogens is 2. The van der Waals surface area contributed by atoms with Crippen molar-refractivity contribution in [1.82, 2.24) is 15.0 Å². The standard InChI is InChI=1S/C26H31N3O3/c1-17(2)31-22-12-6-18(7-13-22)15-29-16-20(14-23(29)30)24-27-25(32-28-24)19-8-10-21(11-9-19)26(3,4)5/h6-13,17,20H,14-16H2,1-5H3. The summed E-state index contributed by atoms with van der Waals surface area (Å²) in [6, 6.07) is 16.1. The Bertz CT molecular complexity index is 1060. The highest BCUT2D eigenvalue weighted by atomic mass is 16.5. The smallest absolute Gasteiger partial charge is 0.257 e. The summed E-state index contributed by atoms with van der Waals surface area (Å²) in [5, 5.41) is 4.18. The normalized spacial score (nSPS) is 16.8. The molecule has 168 valence electrons. The van der Waals surface area contributed by atoms with E-state index in [1.54, 1.807) is 0 Å². The highest BCUT2D eigenvalue weighted by molar-refractivity contribution is 5.79. The Kier molecular flexibility index (Phi) is 6.04. The second-order valence-corrected chi connectivity index (χ2v) is 9.77. The number of benzene rings is 2. The van der Waals surface area contributed by atoms with Gasteiger partial charge in [0.25, 0.3) is 5.89 Å². The lowest BCUT2D eigenvalue weighted by atomic mass is 9.87. The molecule has 1 saturated heterocycles. The van der Waals surface area contributed by atoms with Crippen molar-refractivity contribution in [3.8, 4) is 17.2 Å². The molecule has 6 heteroatoms. The molecule has 1 atom stereocenters. The van der Waals surface area contributed by atoms with E-state index in [9.17, 15) is 4.79 Å². The summed E-state index contributed by atoms with van der Waals surface area (Å²) in [7, 11) is 0. The van der Waals surface area contributed by atoms with Gasteiger partial charge in [0.15, 0.2) is 5.82 Å². The van der Waals surface area contributed by atoms with E-state index < -0.39 is 0 Å². The molecule has 1 amide bonds. The van der Waals surface area contributed by atoms with Crippen LogP contribution in [-0.2, 0) is 16.8 Å². The third kappa shape index (κ3) is 5.01. The van der Waals surface area contributed by atoms with Crippen molar-refractivity contribution in [2.24, 2.45) is 0 Å². The third-order valence-corrected chi connectivity index (χ3v) is 5.69. The summed E-state index contributed by atoms with van der Waals surface area (Å²) in [5.74, 6) is 1.98. The zero-order chi connectivity index (χ0) is 22.9. The molecule has 1 aromatic heterocycles. The topological polar surface area (TPSA) is 68.5 Å². The number of likely N-dealkylation sites (tertiary alicyclic amines) is 1. The molecule has 2 heterocycles. The Morgan fingerprint density at radius 2 is 1.78 bits per heavy atom. The maximum Gasteiger partial charge on any atom is 0.257 e. The van der Waals surface area contributed by atoms with Crippen LogP contribution < -0.4 is 4.74 Å². The zero-order valence-corrected chi connectivity index (χ0v) is 19.5. The van der Waals surface area contributed by atoms with E-state index in [-0.39, 0.29) is 23.3 Å². The summed E-state index contributed by atoms with van der Waals surface area (Å²) in [6.45, 7) is 11.7. The van der Waals surface area contributed by atoms with E-state index in [0.29, 0.717) is 31.2 Å². The molecule has 3 aromatic rings. The Morgan fingerprint density at radius 3 is 2.41 bits per heavy atom. The van der Waals surface area contributed by atoms with Gasteiger partial charge in [0, 0.05) is 31.0 Å². The van der Waals surface area contributed by atoms with Gasteiger partial charge < -0.3 is 14.2 Å². The molecule has 2 aromatic carbocycles. The van der Waals surface area contributed by atoms with E-state index >= 15 is 0 Å². The van der Waals surface area contributed by atoms with Gasteiger partial charge in [-0.1, -0.05) is 50.2 Å². The lowest BCUT2D eigenvalue weighted by Gasteiger charge is -2.18. The quantitative estimate of drug-likeness (QED) is 0.525. The van der Waals surface area contributed by atoms with Crippen molar-refractivity contribution in [1.29, 1.82) is 0 Å². The molecular formula is C26H31N3O3. The van der Waals surface area contributed by atoms with Crippen molar-refractivity contribution in [2.75, 3.05) is 6.54 Å². The fourth-order valence-electron chi connectivity index (χ4n) is 3.89. The van der Waals surface area contributed by atoms with Crippen LogP contribution in [0.25, 0.3) is 11.5 Å². The van der Waals surface area contributed by atoms with E-state index in [1.807, 2.05) is 55.1 Å². The molecule has 4 rings (SSSR count). The van der Waals surface area contributed by atoms with Gasteiger partial charge in [-0.3, -0.25) is 4.79 Å². The van der Waals surface area contributed by atoms with Crippen LogP contribution in [0.5, 0.6) is 5.75 Å². The number of carbonyl (C=O) groups is 1. The molecule has 1 fully saturated rings. The van der Waals surface area contributed by atoms with E-state index in [2.05, 4.69) is 43.0 Å². The summed E-state index contributed by atoms with van der Waals surface area (Å²) in [5.41, 5.74) is 3.31. The maximum absolute atomic E-state index is 12.6. The third-order valence-electron chi connectivity index (χ3n) is 5.69. The van der Waals surface area contributed by atoms with E-state index in [0.717, 1.165) is 16.9 Å². The van der Waals surface area contributed by atoms with E-state index in [4.69, 9.17) is 9.26 Å². The Balaban J connectivity index is 1.41. The molecule has 1 unspecified atom stereocenters. The molecule has 0 bridgehead atoms. The minimum absolute atomic E-state index is 0.0580. The highest BCUT2D eigenvalue weighted by Crippen LogP contribution is 2.30. The first-order chi connectivity index (χ1) is 15.2. The van der Waals surface area contributed by atoms with Gasteiger partial charge in [-0.15, -0.1) is 0 Å². The van der Waals surface area contributed by atoms with Crippen LogP contribution in [0.1, 0.15) is 63.9 Å². The molecule has 1 aliphatic heterocycles. The van der Waals surface area contributed by atoms with Gasteiger partial charge in [-0.25, -0.2) is 0 Å². The van der Waals surface area contributed by atoms with Crippen molar-refractivity contribution < 1.29 is 14.1 Å². The number of hydrogen-bond acceptors (Lipinski definition) is 5. The van der Waals surface area contributed by atoms with Gasteiger partial charge >= 0.3 is 0 Å². The van der Waals surface area contributed by atoms with Crippen LogP contribution in [0.15, 0.2) is 53.1 Å². The molecule has 0 spiro atoms. The number of amides is 1. The predicted molar refractivity (Wildman–Crippen MR) is 123 cm³/mol. The monoisotopic (exact) mass is 433 g/mol. The Hall–Kier alpha value is -3.15. The second-order valence-electron chi connectivity index (χ2n) is 9.77. The average molecular weight is 434 g/mol. The summed E-state index contributed by atoms with van der Waals surface area (Å²) in [4.78, 5) is 19.1. The average Bonchev–Trinajstić information content (AvgIpc) is 3.36. The fraction of sp³-hybridized carbons (Fsp3) is 0.423. The van der Waals surface area contributed by atoms with Crippen molar-refractivity contribution in [3.63, 3.8) is 0 Å². The van der Waals surface area contributed by atoms with Gasteiger partial charge in [0.05, 0.1) is 6.10 Å². The largest absolute Gasteiger partial charge is 0.491 e. The minimum atomic E-state index is -0.0580. The lowest BCUT2D eigenvalue weighted by Crippen LogP contribution is -2.24. The van der Waals surface area contributed by atoms with Crippen molar-refractivity contribution in [2.45, 2.75) is 65.0 Å². The maximum atomic E-state index is 12.6. The fourth-order valence-corrected chi connectivity index (χ4v) is 3.89. The number of carbonyl (C=O) groups excluding carboxylic acids is 1. The summed E-state index contributed by atoms with van der Waals surface area (Å²) in [6.07, 6.45) is 0.536. The van der Waals surface area contributed by atoms with Crippen molar-refractivity contribution in [3.05, 3.63) is 65.5 Å². The van der Waals surface area contributed by atoms with Gasteiger partial charge in [0.1, 0.15) is 5.75 Å². The van der Waals surface area contributed by atoms with Crippen molar-refractivity contribution >= 4 is 5.91 Å². The van der Waals surface area contributed by atoms with Crippen LogP contribution in [0, 0.1) is 0 Å². The molecule has 0 radical (unpaired) electrons. The lowest BCUT2D eigenvalue weighted by molar-refractivity contribution is -0.128. The predicted octanol–water partition coefficient (Wildman–Crippen LogP) is 5.34. The Labute approximate surface area is 189 Å². The molecule has 32 heavy (non-hydrogen) atoms. The SMILES string of the molecule is CC(C)Oc1ccc(CN2CC(c3noc(-c4ccc(C(C)(C)C)cc4)n3)CC2=O)cc1. The van der Waals surface area contributed by atoms with Crippen LogP contribution in [0.4, 0.5) is 0 Å². The first kappa shape index (κ1) is 22.1. The summed E-state index contributed by atoms with van der Waals surface area (Å²) >= 11 is 0. The van der Waals surface area contributed by atoms with Gasteiger partial charge in [-0.2, -0.15) is 4.98 Å². The van der Waals surface area contributed by atoms with Crippen LogP contribution in [0.2, 0.25) is 0 Å². The van der Waals surface area contributed by atoms with Gasteiger partial charge in [-0.05, 0) is 54.7 Å². The number of rotatable bonds is 6. The molecule has 1 aliphatic rings. The van der Waals surface area contributed by atoms with Crippen LogP contribution in [0.3, 0.4) is 0 Å². The zero-order valence-electron chi connectivity index (χ0n) is 19.5. The first-order valence-electron chi connectivity index (χ1n) is 11.2. The Morgan fingerprint density at radius 1 is 1.09 bits per heavy atom. The van der Waals surface area contributed by atoms with Gasteiger partial charge in [0.2, 0.25) is 5.91 Å². The van der Waals surface area contributed by atoms with E-state index in [1.165, 1.54) is 5.56 Å². The summed E-state index contributed by atoms with van der Waals surface area (Å²) < 4.78 is 11.2.